The van der Waals surface area contributed by atoms with Gasteiger partial charge in [-0.25, -0.2) is 0 Å². The second-order valence-corrected chi connectivity index (χ2v) is 5.13. The van der Waals surface area contributed by atoms with Gasteiger partial charge in [0.15, 0.2) is 5.41 Å². The molecule has 2 aromatic heterocycles. The molecule has 15 heavy (non-hydrogen) atoms. The van der Waals surface area contributed by atoms with E-state index in [1.165, 1.54) is 0 Å². The van der Waals surface area contributed by atoms with Crippen molar-refractivity contribution in [1.29, 1.82) is 10.5 Å². The van der Waals surface area contributed by atoms with Crippen LogP contribution in [0.25, 0.3) is 9.75 Å². The maximum atomic E-state index is 9.28. The van der Waals surface area contributed by atoms with Crippen LogP contribution in [0, 0.1) is 22.7 Å². The zero-order valence-corrected chi connectivity index (χ0v) is 9.15. The Bertz CT molecular complexity index is 565. The summed E-state index contributed by atoms with van der Waals surface area (Å²) in [7, 11) is 0. The lowest BCUT2D eigenvalue weighted by Gasteiger charge is -2.11. The molecule has 2 heterocycles. The molecule has 0 unspecified atom stereocenters. The van der Waals surface area contributed by atoms with E-state index < -0.39 is 5.41 Å². The van der Waals surface area contributed by atoms with Gasteiger partial charge in [0, 0.05) is 11.1 Å². The summed E-state index contributed by atoms with van der Waals surface area (Å²) in [6.45, 7) is 0. The van der Waals surface area contributed by atoms with Crippen molar-refractivity contribution in [2.75, 3.05) is 0 Å². The summed E-state index contributed by atoms with van der Waals surface area (Å²) in [5.41, 5.74) is 0.656. The van der Waals surface area contributed by atoms with E-state index >= 15 is 0 Å². The predicted molar refractivity (Wildman–Crippen MR) is 59.6 cm³/mol. The summed E-state index contributed by atoms with van der Waals surface area (Å²) in [5.74, 6) is 0. The van der Waals surface area contributed by atoms with E-state index in [0.717, 1.165) is 20.9 Å². The first-order valence-corrected chi connectivity index (χ1v) is 6.08. The molecule has 0 radical (unpaired) electrons. The van der Waals surface area contributed by atoms with E-state index in [9.17, 15) is 10.5 Å². The minimum atomic E-state index is -1.06. The van der Waals surface area contributed by atoms with Gasteiger partial charge in [-0.2, -0.15) is 10.5 Å². The smallest absolute Gasteiger partial charge is 0.196 e. The fourth-order valence-corrected chi connectivity index (χ4v) is 4.07. The number of nitriles is 2. The lowest BCUT2D eigenvalue weighted by atomic mass is 9.83. The molecule has 0 atom stereocenters. The third kappa shape index (κ3) is 0.818. The standard InChI is InChI=1S/C11H4N2S2/c12-5-11(6-13)7-1-3-14-9(7)10-8(11)2-4-15-10/h1-4H. The van der Waals surface area contributed by atoms with E-state index in [1.54, 1.807) is 22.7 Å². The molecular formula is C11H4N2S2. The van der Waals surface area contributed by atoms with Crippen LogP contribution in [0.1, 0.15) is 11.1 Å². The van der Waals surface area contributed by atoms with Crippen molar-refractivity contribution >= 4 is 22.7 Å². The molecule has 70 valence electrons. The first-order chi connectivity index (χ1) is 7.33. The summed E-state index contributed by atoms with van der Waals surface area (Å²) in [4.78, 5) is 2.17. The van der Waals surface area contributed by atoms with Crippen LogP contribution in [0.15, 0.2) is 22.9 Å². The van der Waals surface area contributed by atoms with Gasteiger partial charge in [0.25, 0.3) is 0 Å². The Balaban J connectivity index is 2.48. The van der Waals surface area contributed by atoms with E-state index in [-0.39, 0.29) is 0 Å². The Morgan fingerprint density at radius 2 is 1.40 bits per heavy atom. The van der Waals surface area contributed by atoms with Crippen LogP contribution < -0.4 is 0 Å². The minimum Gasteiger partial charge on any atom is -0.196 e. The largest absolute Gasteiger partial charge is 0.196 e. The van der Waals surface area contributed by atoms with Crippen LogP contribution in [0.3, 0.4) is 0 Å². The molecule has 0 spiro atoms. The summed E-state index contributed by atoms with van der Waals surface area (Å²) < 4.78 is 0. The Morgan fingerprint density at radius 1 is 0.933 bits per heavy atom. The Kier molecular flexibility index (Phi) is 1.56. The van der Waals surface area contributed by atoms with Crippen molar-refractivity contribution in [3.63, 3.8) is 0 Å². The van der Waals surface area contributed by atoms with Gasteiger partial charge in [0.05, 0.1) is 21.9 Å². The highest BCUT2D eigenvalue weighted by molar-refractivity contribution is 7.21. The fraction of sp³-hybridized carbons (Fsp3) is 0.0909. The number of nitrogens with zero attached hydrogens (tertiary/aromatic N) is 2. The molecule has 0 aliphatic heterocycles. The molecule has 2 nitrogen and oxygen atoms in total. The van der Waals surface area contributed by atoms with Crippen molar-refractivity contribution in [2.45, 2.75) is 5.41 Å². The van der Waals surface area contributed by atoms with Gasteiger partial charge in [-0.3, -0.25) is 0 Å². The van der Waals surface area contributed by atoms with Crippen LogP contribution in [0.2, 0.25) is 0 Å². The normalized spacial score (nSPS) is 15.1. The number of thiophene rings is 2. The van der Waals surface area contributed by atoms with Crippen LogP contribution in [-0.4, -0.2) is 0 Å². The van der Waals surface area contributed by atoms with Crippen molar-refractivity contribution in [3.05, 3.63) is 34.0 Å². The number of rotatable bonds is 0. The first kappa shape index (κ1) is 8.67. The monoisotopic (exact) mass is 228 g/mol. The topological polar surface area (TPSA) is 47.6 Å². The molecule has 1 aliphatic rings. The Morgan fingerprint density at radius 3 is 1.80 bits per heavy atom. The van der Waals surface area contributed by atoms with E-state index in [0.29, 0.717) is 0 Å². The van der Waals surface area contributed by atoms with Gasteiger partial charge in [-0.1, -0.05) is 0 Å². The summed E-state index contributed by atoms with van der Waals surface area (Å²) in [6, 6.07) is 8.10. The van der Waals surface area contributed by atoms with Crippen molar-refractivity contribution in [1.82, 2.24) is 0 Å². The predicted octanol–water partition coefficient (Wildman–Crippen LogP) is 3.12. The molecule has 2 aromatic rings. The third-order valence-electron chi connectivity index (χ3n) is 2.68. The lowest BCUT2D eigenvalue weighted by Crippen LogP contribution is -2.19. The van der Waals surface area contributed by atoms with E-state index in [2.05, 4.69) is 12.1 Å². The maximum absolute atomic E-state index is 9.28. The summed E-state index contributed by atoms with van der Waals surface area (Å²) in [6.07, 6.45) is 0. The highest BCUT2D eigenvalue weighted by atomic mass is 32.1. The fourth-order valence-electron chi connectivity index (χ4n) is 1.97. The summed E-state index contributed by atoms with van der Waals surface area (Å²) >= 11 is 3.20. The Hall–Kier alpha value is -1.62. The Labute approximate surface area is 94.6 Å². The molecule has 3 rings (SSSR count). The minimum absolute atomic E-state index is 0.861. The molecular weight excluding hydrogens is 224 g/mol. The average molecular weight is 228 g/mol. The van der Waals surface area contributed by atoms with Crippen LogP contribution in [-0.2, 0) is 5.41 Å². The second-order valence-electron chi connectivity index (χ2n) is 3.30. The lowest BCUT2D eigenvalue weighted by molar-refractivity contribution is 0.884. The average Bonchev–Trinajstić information content (AvgIpc) is 2.90. The SMILES string of the molecule is N#CC1(C#N)c2ccsc2-c2sccc21. The van der Waals surface area contributed by atoms with E-state index in [1.807, 2.05) is 22.9 Å². The van der Waals surface area contributed by atoms with E-state index in [4.69, 9.17) is 0 Å². The van der Waals surface area contributed by atoms with Crippen LogP contribution in [0.5, 0.6) is 0 Å². The number of fused-ring (bicyclic) bond motifs is 3. The summed E-state index contributed by atoms with van der Waals surface area (Å²) in [5, 5.41) is 22.4. The van der Waals surface area contributed by atoms with Crippen molar-refractivity contribution in [3.8, 4) is 21.9 Å². The van der Waals surface area contributed by atoms with Crippen molar-refractivity contribution < 1.29 is 0 Å². The van der Waals surface area contributed by atoms with Crippen LogP contribution in [0.4, 0.5) is 0 Å². The molecule has 0 saturated carbocycles. The molecule has 0 amide bonds. The van der Waals surface area contributed by atoms with Gasteiger partial charge >= 0.3 is 0 Å². The molecule has 0 aromatic carbocycles. The quantitative estimate of drug-likeness (QED) is 0.695. The number of hydrogen-bond acceptors (Lipinski definition) is 4. The van der Waals surface area contributed by atoms with Crippen molar-refractivity contribution in [2.24, 2.45) is 0 Å². The zero-order valence-electron chi connectivity index (χ0n) is 7.52. The highest BCUT2D eigenvalue weighted by Crippen LogP contribution is 2.53. The van der Waals surface area contributed by atoms with Crippen LogP contribution >= 0.6 is 22.7 Å². The van der Waals surface area contributed by atoms with Gasteiger partial charge in [0.1, 0.15) is 0 Å². The molecule has 0 fully saturated rings. The number of hydrogen-bond donors (Lipinski definition) is 0. The first-order valence-electron chi connectivity index (χ1n) is 4.32. The molecule has 4 heteroatoms. The molecule has 0 N–H and O–H groups in total. The van der Waals surface area contributed by atoms with Gasteiger partial charge in [-0.15, -0.1) is 22.7 Å². The van der Waals surface area contributed by atoms with Gasteiger partial charge in [0.2, 0.25) is 0 Å². The van der Waals surface area contributed by atoms with Gasteiger partial charge < -0.3 is 0 Å². The van der Waals surface area contributed by atoms with Gasteiger partial charge in [-0.05, 0) is 22.9 Å². The zero-order chi connectivity index (χ0) is 10.5. The second kappa shape index (κ2) is 2.70. The third-order valence-corrected chi connectivity index (χ3v) is 4.67. The highest BCUT2D eigenvalue weighted by Gasteiger charge is 2.46. The molecule has 0 saturated heterocycles. The molecule has 1 aliphatic carbocycles. The molecule has 0 bridgehead atoms. The maximum Gasteiger partial charge on any atom is 0.196 e.